The van der Waals surface area contributed by atoms with Crippen LogP contribution in [0.2, 0.25) is 0 Å². The summed E-state index contributed by atoms with van der Waals surface area (Å²) in [6.07, 6.45) is 1.29. The van der Waals surface area contributed by atoms with Gasteiger partial charge in [0.05, 0.1) is 10.6 Å². The van der Waals surface area contributed by atoms with Crippen molar-refractivity contribution in [2.45, 2.75) is 20.4 Å². The van der Waals surface area contributed by atoms with E-state index in [9.17, 15) is 10.1 Å². The van der Waals surface area contributed by atoms with Crippen molar-refractivity contribution in [2.75, 3.05) is 10.6 Å². The van der Waals surface area contributed by atoms with E-state index < -0.39 is 4.92 Å². The van der Waals surface area contributed by atoms with Crippen LogP contribution in [-0.2, 0) is 6.54 Å². The van der Waals surface area contributed by atoms with E-state index in [4.69, 9.17) is 0 Å². The summed E-state index contributed by atoms with van der Waals surface area (Å²) in [7, 11) is 0. The van der Waals surface area contributed by atoms with Crippen LogP contribution in [0.3, 0.4) is 0 Å². The van der Waals surface area contributed by atoms with Gasteiger partial charge in [0.1, 0.15) is 6.33 Å². The third-order valence-electron chi connectivity index (χ3n) is 3.56. The Morgan fingerprint density at radius 1 is 1.16 bits per heavy atom. The molecule has 0 atom stereocenters. The van der Waals surface area contributed by atoms with Crippen molar-refractivity contribution >= 4 is 33.8 Å². The molecular formula is C16H16N6O2S. The Bertz CT molecular complexity index is 877. The molecule has 3 aromatic rings. The molecule has 0 aliphatic heterocycles. The zero-order chi connectivity index (χ0) is 17.8. The molecule has 2 aromatic heterocycles. The van der Waals surface area contributed by atoms with Crippen LogP contribution in [-0.4, -0.2) is 19.9 Å². The van der Waals surface area contributed by atoms with E-state index in [1.807, 2.05) is 44.2 Å². The summed E-state index contributed by atoms with van der Waals surface area (Å²) in [4.78, 5) is 24.5. The highest BCUT2D eigenvalue weighted by molar-refractivity contribution is 7.15. The summed E-state index contributed by atoms with van der Waals surface area (Å²) in [5, 5.41) is 18.0. The molecule has 8 nitrogen and oxygen atoms in total. The fourth-order valence-electron chi connectivity index (χ4n) is 2.18. The summed E-state index contributed by atoms with van der Waals surface area (Å²) in [6.45, 7) is 4.26. The third kappa shape index (κ3) is 3.89. The van der Waals surface area contributed by atoms with Crippen molar-refractivity contribution in [3.8, 4) is 0 Å². The zero-order valence-electron chi connectivity index (χ0n) is 13.7. The van der Waals surface area contributed by atoms with E-state index in [2.05, 4.69) is 25.6 Å². The average molecular weight is 356 g/mol. The van der Waals surface area contributed by atoms with Crippen LogP contribution in [0.25, 0.3) is 0 Å². The molecule has 0 aliphatic carbocycles. The fourth-order valence-corrected chi connectivity index (χ4v) is 3.00. The van der Waals surface area contributed by atoms with Crippen LogP contribution in [0.4, 0.5) is 22.5 Å². The Balaban J connectivity index is 1.87. The van der Waals surface area contributed by atoms with Crippen molar-refractivity contribution in [3.05, 3.63) is 62.9 Å². The predicted octanol–water partition coefficient (Wildman–Crippen LogP) is 3.81. The average Bonchev–Trinajstić information content (AvgIpc) is 2.91. The van der Waals surface area contributed by atoms with Gasteiger partial charge < -0.3 is 10.6 Å². The van der Waals surface area contributed by atoms with Crippen LogP contribution in [0, 0.1) is 24.0 Å². The van der Waals surface area contributed by atoms with Crippen LogP contribution in [0.5, 0.6) is 0 Å². The van der Waals surface area contributed by atoms with Crippen LogP contribution in [0.1, 0.15) is 16.1 Å². The SMILES string of the molecule is Cc1nc(Nc2ncnc(NCc3ccccc3)c2[N+](=O)[O-])sc1C. The van der Waals surface area contributed by atoms with Crippen molar-refractivity contribution in [2.24, 2.45) is 0 Å². The van der Waals surface area contributed by atoms with Gasteiger partial charge >= 0.3 is 5.69 Å². The van der Waals surface area contributed by atoms with Gasteiger partial charge in [0.15, 0.2) is 5.13 Å². The first-order valence-electron chi connectivity index (χ1n) is 7.53. The molecule has 0 fully saturated rings. The van der Waals surface area contributed by atoms with Gasteiger partial charge in [-0.05, 0) is 19.4 Å². The highest BCUT2D eigenvalue weighted by atomic mass is 32.1. The van der Waals surface area contributed by atoms with Crippen molar-refractivity contribution in [3.63, 3.8) is 0 Å². The second kappa shape index (κ2) is 7.22. The lowest BCUT2D eigenvalue weighted by atomic mass is 10.2. The summed E-state index contributed by atoms with van der Waals surface area (Å²) < 4.78 is 0. The summed E-state index contributed by atoms with van der Waals surface area (Å²) in [5.74, 6) is 0.278. The molecule has 2 heterocycles. The van der Waals surface area contributed by atoms with Gasteiger partial charge in [-0.1, -0.05) is 30.3 Å². The fraction of sp³-hybridized carbons (Fsp3) is 0.188. The second-order valence-electron chi connectivity index (χ2n) is 5.30. The Morgan fingerprint density at radius 3 is 2.52 bits per heavy atom. The maximum atomic E-state index is 11.5. The minimum atomic E-state index is -0.497. The maximum Gasteiger partial charge on any atom is 0.353 e. The van der Waals surface area contributed by atoms with Gasteiger partial charge in [-0.3, -0.25) is 10.1 Å². The molecule has 9 heteroatoms. The van der Waals surface area contributed by atoms with Crippen LogP contribution >= 0.6 is 11.3 Å². The quantitative estimate of drug-likeness (QED) is 0.511. The first-order valence-corrected chi connectivity index (χ1v) is 8.34. The number of anilines is 3. The number of benzene rings is 1. The number of nitrogens with zero attached hydrogens (tertiary/aromatic N) is 4. The molecule has 0 spiro atoms. The molecule has 1 aromatic carbocycles. The molecular weight excluding hydrogens is 340 g/mol. The number of thiazole rings is 1. The minimum Gasteiger partial charge on any atom is -0.360 e. The zero-order valence-corrected chi connectivity index (χ0v) is 14.5. The lowest BCUT2D eigenvalue weighted by molar-refractivity contribution is -0.383. The number of rotatable bonds is 6. The maximum absolute atomic E-state index is 11.5. The summed E-state index contributed by atoms with van der Waals surface area (Å²) in [6, 6.07) is 9.59. The van der Waals surface area contributed by atoms with Crippen molar-refractivity contribution in [1.29, 1.82) is 0 Å². The van der Waals surface area contributed by atoms with Gasteiger partial charge in [0.2, 0.25) is 11.6 Å². The smallest absolute Gasteiger partial charge is 0.353 e. The number of aryl methyl sites for hydroxylation is 2. The number of nitro groups is 1. The van der Waals surface area contributed by atoms with Crippen molar-refractivity contribution in [1.82, 2.24) is 15.0 Å². The number of hydrogen-bond acceptors (Lipinski definition) is 8. The molecule has 0 radical (unpaired) electrons. The molecule has 0 aliphatic rings. The van der Waals surface area contributed by atoms with E-state index in [0.717, 1.165) is 16.1 Å². The molecule has 0 saturated heterocycles. The van der Waals surface area contributed by atoms with Gasteiger partial charge in [0.25, 0.3) is 0 Å². The van der Waals surface area contributed by atoms with Gasteiger partial charge in [0, 0.05) is 11.4 Å². The third-order valence-corrected chi connectivity index (χ3v) is 4.55. The minimum absolute atomic E-state index is 0.115. The normalized spacial score (nSPS) is 10.5. The van der Waals surface area contributed by atoms with E-state index >= 15 is 0 Å². The Hall–Kier alpha value is -3.07. The molecule has 128 valence electrons. The highest BCUT2D eigenvalue weighted by Crippen LogP contribution is 2.33. The summed E-state index contributed by atoms with van der Waals surface area (Å²) in [5.41, 5.74) is 1.67. The second-order valence-corrected chi connectivity index (χ2v) is 6.50. The number of hydrogen-bond donors (Lipinski definition) is 2. The van der Waals surface area contributed by atoms with E-state index in [1.165, 1.54) is 17.7 Å². The molecule has 2 N–H and O–H groups in total. The monoisotopic (exact) mass is 356 g/mol. The van der Waals surface area contributed by atoms with Crippen LogP contribution in [0.15, 0.2) is 36.7 Å². The number of nitrogens with one attached hydrogen (secondary N) is 2. The van der Waals surface area contributed by atoms with E-state index in [0.29, 0.717) is 11.7 Å². The Labute approximate surface area is 148 Å². The van der Waals surface area contributed by atoms with Gasteiger partial charge in [-0.15, -0.1) is 11.3 Å². The van der Waals surface area contributed by atoms with Crippen molar-refractivity contribution < 1.29 is 4.92 Å². The van der Waals surface area contributed by atoms with Gasteiger partial charge in [-0.2, -0.15) is 0 Å². The molecule has 25 heavy (non-hydrogen) atoms. The molecule has 0 bridgehead atoms. The molecule has 3 rings (SSSR count). The predicted molar refractivity (Wildman–Crippen MR) is 97.3 cm³/mol. The lowest BCUT2D eigenvalue weighted by Gasteiger charge is -2.09. The molecule has 0 unspecified atom stereocenters. The topological polar surface area (TPSA) is 106 Å². The first-order chi connectivity index (χ1) is 12.0. The first kappa shape index (κ1) is 16.8. The summed E-state index contributed by atoms with van der Waals surface area (Å²) >= 11 is 1.42. The van der Waals surface area contributed by atoms with E-state index in [1.54, 1.807) is 0 Å². The number of aromatic nitrogens is 3. The van der Waals surface area contributed by atoms with E-state index in [-0.39, 0.29) is 17.3 Å². The Morgan fingerprint density at radius 2 is 1.88 bits per heavy atom. The van der Waals surface area contributed by atoms with Crippen LogP contribution < -0.4 is 10.6 Å². The highest BCUT2D eigenvalue weighted by Gasteiger charge is 2.23. The Kier molecular flexibility index (Phi) is 4.85. The standard InChI is InChI=1S/C16H16N6O2S/c1-10-11(2)25-16(20-10)21-15-13(22(23)24)14(18-9-19-15)17-8-12-6-4-3-5-7-12/h3-7,9H,8H2,1-2H3,(H2,17,18,19,20,21). The molecule has 0 amide bonds. The molecule has 0 saturated carbocycles. The largest absolute Gasteiger partial charge is 0.360 e. The lowest BCUT2D eigenvalue weighted by Crippen LogP contribution is -2.08. The van der Waals surface area contributed by atoms with Gasteiger partial charge in [-0.25, -0.2) is 15.0 Å².